The molecule has 0 radical (unpaired) electrons. The molecular weight excluding hydrogens is 343 g/mol. The average Bonchev–Trinajstić information content (AvgIpc) is 2.74. The van der Waals surface area contributed by atoms with Crippen molar-refractivity contribution < 1.29 is 0 Å². The zero-order chi connectivity index (χ0) is 19.0. The van der Waals surface area contributed by atoms with Crippen molar-refractivity contribution in [2.75, 3.05) is 0 Å². The topological polar surface area (TPSA) is 0 Å². The van der Waals surface area contributed by atoms with Crippen LogP contribution in [0.4, 0.5) is 0 Å². The Labute approximate surface area is 166 Å². The minimum absolute atomic E-state index is 0.626. The van der Waals surface area contributed by atoms with Gasteiger partial charge >= 0.3 is 0 Å². The Bertz CT molecular complexity index is 684. The first-order valence-electron chi connectivity index (χ1n) is 10.4. The Balaban J connectivity index is 2.14. The van der Waals surface area contributed by atoms with Gasteiger partial charge in [-0.2, -0.15) is 0 Å². The second kappa shape index (κ2) is 9.86. The molecule has 3 aromatic carbocycles. The van der Waals surface area contributed by atoms with Crippen molar-refractivity contribution in [1.82, 2.24) is 0 Å². The maximum atomic E-state index is 2.49. The van der Waals surface area contributed by atoms with Gasteiger partial charge in [0.05, 0.1) is 5.66 Å². The van der Waals surface area contributed by atoms with Gasteiger partial charge in [-0.3, -0.25) is 0 Å². The molecular formula is C26H32P+. The highest BCUT2D eigenvalue weighted by molar-refractivity contribution is 7.96. The Kier molecular flexibility index (Phi) is 7.25. The molecule has 0 amide bonds. The monoisotopic (exact) mass is 375 g/mol. The first-order chi connectivity index (χ1) is 13.3. The van der Waals surface area contributed by atoms with Crippen molar-refractivity contribution in [3.8, 4) is 0 Å². The number of benzene rings is 3. The zero-order valence-corrected chi connectivity index (χ0v) is 17.6. The first kappa shape index (κ1) is 19.8. The Hall–Kier alpha value is -1.91. The number of hydrogen-bond acceptors (Lipinski definition) is 0. The number of rotatable bonds is 9. The molecule has 0 spiro atoms. The SMILES string of the molecule is CCCCCCC(C)[P+](c1ccccc1)(c1ccccc1)c1ccccc1. The third-order valence-electron chi connectivity index (χ3n) is 5.63. The van der Waals surface area contributed by atoms with E-state index >= 15 is 0 Å². The Morgan fingerprint density at radius 3 is 1.37 bits per heavy atom. The molecule has 0 aromatic heterocycles. The molecule has 3 rings (SSSR count). The molecule has 140 valence electrons. The summed E-state index contributed by atoms with van der Waals surface area (Å²) in [5, 5.41) is 4.51. The molecule has 1 unspecified atom stereocenters. The first-order valence-corrected chi connectivity index (χ1v) is 12.2. The summed E-state index contributed by atoms with van der Waals surface area (Å²) in [7, 11) is -1.69. The van der Waals surface area contributed by atoms with Crippen LogP contribution in [0.2, 0.25) is 0 Å². The predicted octanol–water partition coefficient (Wildman–Crippen LogP) is 6.34. The van der Waals surface area contributed by atoms with E-state index in [4.69, 9.17) is 0 Å². The fraction of sp³-hybridized carbons (Fsp3) is 0.308. The second-order valence-corrected chi connectivity index (χ2v) is 11.3. The van der Waals surface area contributed by atoms with Crippen LogP contribution in [0.5, 0.6) is 0 Å². The van der Waals surface area contributed by atoms with Gasteiger partial charge in [0, 0.05) is 0 Å². The summed E-state index contributed by atoms with van der Waals surface area (Å²) in [6.07, 6.45) is 6.60. The summed E-state index contributed by atoms with van der Waals surface area (Å²) in [6.45, 7) is 4.78. The zero-order valence-electron chi connectivity index (χ0n) is 16.7. The molecule has 27 heavy (non-hydrogen) atoms. The maximum Gasteiger partial charge on any atom is 0.114 e. The van der Waals surface area contributed by atoms with Crippen molar-refractivity contribution in [2.24, 2.45) is 0 Å². The van der Waals surface area contributed by atoms with E-state index in [-0.39, 0.29) is 0 Å². The van der Waals surface area contributed by atoms with Crippen LogP contribution in [-0.2, 0) is 0 Å². The molecule has 0 aliphatic rings. The third kappa shape index (κ3) is 4.33. The van der Waals surface area contributed by atoms with E-state index in [2.05, 4.69) is 105 Å². The van der Waals surface area contributed by atoms with Crippen LogP contribution in [-0.4, -0.2) is 5.66 Å². The fourth-order valence-electron chi connectivity index (χ4n) is 4.26. The molecule has 0 saturated heterocycles. The predicted molar refractivity (Wildman–Crippen MR) is 123 cm³/mol. The van der Waals surface area contributed by atoms with E-state index < -0.39 is 7.26 Å². The van der Waals surface area contributed by atoms with Gasteiger partial charge in [-0.1, -0.05) is 80.8 Å². The van der Waals surface area contributed by atoms with Crippen molar-refractivity contribution in [3.05, 3.63) is 91.0 Å². The van der Waals surface area contributed by atoms with E-state index in [1.807, 2.05) is 0 Å². The van der Waals surface area contributed by atoms with E-state index in [0.29, 0.717) is 5.66 Å². The lowest BCUT2D eigenvalue weighted by Crippen LogP contribution is -2.37. The minimum atomic E-state index is -1.69. The van der Waals surface area contributed by atoms with Crippen molar-refractivity contribution in [1.29, 1.82) is 0 Å². The number of hydrogen-bond donors (Lipinski definition) is 0. The largest absolute Gasteiger partial charge is 0.114 e. The van der Waals surface area contributed by atoms with Crippen molar-refractivity contribution >= 4 is 23.2 Å². The minimum Gasteiger partial charge on any atom is -0.0654 e. The highest BCUT2D eigenvalue weighted by Gasteiger charge is 2.49. The van der Waals surface area contributed by atoms with Gasteiger partial charge in [0.25, 0.3) is 0 Å². The van der Waals surface area contributed by atoms with Crippen LogP contribution < -0.4 is 15.9 Å². The standard InChI is InChI=1S/C26H32P/c1-3-4-5-9-16-23(2)27(24-17-10-6-11-18-24,25-19-12-7-13-20-25)26-21-14-8-15-22-26/h6-8,10-15,17-23H,3-5,9,16H2,1-2H3/q+1. The van der Waals surface area contributed by atoms with E-state index in [0.717, 1.165) is 0 Å². The molecule has 0 bridgehead atoms. The van der Waals surface area contributed by atoms with Gasteiger partial charge in [-0.05, 0) is 56.2 Å². The third-order valence-corrected chi connectivity index (χ3v) is 10.5. The molecule has 0 fully saturated rings. The smallest absolute Gasteiger partial charge is 0.0654 e. The fourth-order valence-corrected chi connectivity index (χ4v) is 9.18. The molecule has 0 aliphatic heterocycles. The van der Waals surface area contributed by atoms with Gasteiger partial charge in [-0.15, -0.1) is 0 Å². The van der Waals surface area contributed by atoms with Crippen LogP contribution in [0.25, 0.3) is 0 Å². The molecule has 0 saturated carbocycles. The molecule has 1 heteroatoms. The molecule has 0 heterocycles. The summed E-state index contributed by atoms with van der Waals surface area (Å²) >= 11 is 0. The van der Waals surface area contributed by atoms with Crippen molar-refractivity contribution in [2.45, 2.75) is 51.6 Å². The lowest BCUT2D eigenvalue weighted by atomic mass is 10.1. The van der Waals surface area contributed by atoms with E-state index in [1.165, 1.54) is 48.0 Å². The molecule has 0 aliphatic carbocycles. The summed E-state index contributed by atoms with van der Waals surface area (Å²) < 4.78 is 0. The maximum absolute atomic E-state index is 2.49. The van der Waals surface area contributed by atoms with Gasteiger partial charge in [0.15, 0.2) is 0 Å². The molecule has 1 atom stereocenters. The molecule has 3 aromatic rings. The van der Waals surface area contributed by atoms with Crippen LogP contribution in [0.3, 0.4) is 0 Å². The quantitative estimate of drug-likeness (QED) is 0.302. The molecule has 0 nitrogen and oxygen atoms in total. The lowest BCUT2D eigenvalue weighted by molar-refractivity contribution is 0.628. The van der Waals surface area contributed by atoms with Gasteiger partial charge in [0.1, 0.15) is 23.2 Å². The highest BCUT2D eigenvalue weighted by atomic mass is 31.2. The summed E-state index contributed by atoms with van der Waals surface area (Å²) in [5.41, 5.74) is 0.626. The Morgan fingerprint density at radius 2 is 1.00 bits per heavy atom. The van der Waals surface area contributed by atoms with Crippen LogP contribution in [0, 0.1) is 0 Å². The normalized spacial score (nSPS) is 12.7. The van der Waals surface area contributed by atoms with Crippen LogP contribution in [0.1, 0.15) is 46.0 Å². The van der Waals surface area contributed by atoms with Gasteiger partial charge < -0.3 is 0 Å². The van der Waals surface area contributed by atoms with Gasteiger partial charge in [-0.25, -0.2) is 0 Å². The summed E-state index contributed by atoms with van der Waals surface area (Å²) in [5.74, 6) is 0. The molecule has 0 N–H and O–H groups in total. The Morgan fingerprint density at radius 1 is 0.593 bits per heavy atom. The van der Waals surface area contributed by atoms with E-state index in [1.54, 1.807) is 0 Å². The van der Waals surface area contributed by atoms with E-state index in [9.17, 15) is 0 Å². The van der Waals surface area contributed by atoms with Crippen molar-refractivity contribution in [3.63, 3.8) is 0 Å². The highest BCUT2D eigenvalue weighted by Crippen LogP contribution is 2.60. The lowest BCUT2D eigenvalue weighted by Gasteiger charge is -2.33. The number of unbranched alkanes of at least 4 members (excludes halogenated alkanes) is 3. The average molecular weight is 376 g/mol. The summed E-state index contributed by atoms with van der Waals surface area (Å²) in [6, 6.07) is 33.8. The second-order valence-electron chi connectivity index (χ2n) is 7.43. The van der Waals surface area contributed by atoms with Crippen LogP contribution in [0.15, 0.2) is 91.0 Å². The van der Waals surface area contributed by atoms with Gasteiger partial charge in [0.2, 0.25) is 0 Å². The van der Waals surface area contributed by atoms with Crippen LogP contribution >= 0.6 is 7.26 Å². The summed E-state index contributed by atoms with van der Waals surface area (Å²) in [4.78, 5) is 0.